The number of aromatic nitrogens is 2. The zero-order valence-corrected chi connectivity index (χ0v) is 12.5. The number of nitrogens with zero attached hydrogens (tertiary/aromatic N) is 2. The quantitative estimate of drug-likeness (QED) is 0.827. The number of hydrogen-bond donors (Lipinski definition) is 0. The van der Waals surface area contributed by atoms with E-state index in [1.165, 1.54) is 6.07 Å². The van der Waals surface area contributed by atoms with Crippen LogP contribution < -0.4 is 4.74 Å². The smallest absolute Gasteiger partial charge is 0.222 e. The van der Waals surface area contributed by atoms with Crippen LogP contribution in [0.5, 0.6) is 11.6 Å². The Morgan fingerprint density at radius 2 is 1.95 bits per heavy atom. The molecule has 19 heavy (non-hydrogen) atoms. The first-order valence-corrected chi connectivity index (χ1v) is 6.73. The van der Waals surface area contributed by atoms with Gasteiger partial charge in [-0.2, -0.15) is 4.98 Å². The minimum absolute atomic E-state index is 0.224. The van der Waals surface area contributed by atoms with Gasteiger partial charge in [0.2, 0.25) is 5.88 Å². The summed E-state index contributed by atoms with van der Waals surface area (Å²) in [5.74, 6) is 1.63. The molecule has 0 saturated carbocycles. The molecule has 0 fully saturated rings. The summed E-state index contributed by atoms with van der Waals surface area (Å²) in [6.45, 7) is 5.93. The van der Waals surface area contributed by atoms with E-state index in [1.54, 1.807) is 18.2 Å². The van der Waals surface area contributed by atoms with Crippen molar-refractivity contribution in [3.63, 3.8) is 0 Å². The van der Waals surface area contributed by atoms with Gasteiger partial charge >= 0.3 is 0 Å². The summed E-state index contributed by atoms with van der Waals surface area (Å²) in [5.41, 5.74) is 0.842. The molecule has 0 radical (unpaired) electrons. The molecule has 0 atom stereocenters. The molecule has 0 unspecified atom stereocenters. The highest BCUT2D eigenvalue weighted by Gasteiger charge is 2.08. The van der Waals surface area contributed by atoms with Crippen molar-refractivity contribution in [1.82, 2.24) is 9.97 Å². The second kappa shape index (κ2) is 5.65. The van der Waals surface area contributed by atoms with Gasteiger partial charge in [0.1, 0.15) is 17.4 Å². The Morgan fingerprint density at radius 1 is 1.21 bits per heavy atom. The number of halogens is 2. The summed E-state index contributed by atoms with van der Waals surface area (Å²) in [7, 11) is 0. The van der Waals surface area contributed by atoms with Crippen LogP contribution in [0.15, 0.2) is 28.7 Å². The van der Waals surface area contributed by atoms with E-state index < -0.39 is 0 Å². The fourth-order valence-corrected chi connectivity index (χ4v) is 1.89. The predicted octanol–water partition coefficient (Wildman–Crippen LogP) is 4.60. The molecule has 5 heteroatoms. The molecule has 1 heterocycles. The summed E-state index contributed by atoms with van der Waals surface area (Å²) in [6.07, 6.45) is 0. The molecule has 3 nitrogen and oxygen atoms in total. The highest BCUT2D eigenvalue weighted by Crippen LogP contribution is 2.26. The first-order chi connectivity index (χ1) is 8.95. The van der Waals surface area contributed by atoms with E-state index in [2.05, 4.69) is 25.9 Å². The largest absolute Gasteiger partial charge is 0.439 e. The zero-order valence-electron chi connectivity index (χ0n) is 10.9. The molecule has 2 aromatic rings. The molecule has 2 rings (SSSR count). The predicted molar refractivity (Wildman–Crippen MR) is 75.0 cm³/mol. The van der Waals surface area contributed by atoms with Crippen molar-refractivity contribution in [1.29, 1.82) is 0 Å². The third-order valence-electron chi connectivity index (χ3n) is 2.48. The van der Waals surface area contributed by atoms with Crippen LogP contribution in [-0.4, -0.2) is 9.97 Å². The minimum Gasteiger partial charge on any atom is -0.439 e. The third kappa shape index (κ3) is 3.50. The Hall–Kier alpha value is -1.49. The van der Waals surface area contributed by atoms with Crippen LogP contribution in [0.25, 0.3) is 0 Å². The molecular weight excluding hydrogens is 311 g/mol. The van der Waals surface area contributed by atoms with Gasteiger partial charge in [-0.1, -0.05) is 13.8 Å². The second-order valence-electron chi connectivity index (χ2n) is 4.54. The summed E-state index contributed by atoms with van der Waals surface area (Å²) in [4.78, 5) is 8.68. The maximum atomic E-state index is 13.1. The van der Waals surface area contributed by atoms with Gasteiger partial charge in [-0.15, -0.1) is 0 Å². The fraction of sp³-hybridized carbons (Fsp3) is 0.286. The molecule has 0 aliphatic carbocycles. The van der Waals surface area contributed by atoms with Crippen molar-refractivity contribution >= 4 is 15.9 Å². The second-order valence-corrected chi connectivity index (χ2v) is 5.39. The summed E-state index contributed by atoms with van der Waals surface area (Å²) >= 11 is 3.12. The van der Waals surface area contributed by atoms with Crippen LogP contribution in [0.3, 0.4) is 0 Å². The molecule has 0 bridgehead atoms. The molecule has 1 aromatic heterocycles. The third-order valence-corrected chi connectivity index (χ3v) is 3.09. The molecule has 0 aliphatic heterocycles. The fourth-order valence-electron chi connectivity index (χ4n) is 1.53. The maximum Gasteiger partial charge on any atom is 0.222 e. The van der Waals surface area contributed by atoms with Gasteiger partial charge in [0.15, 0.2) is 0 Å². The van der Waals surface area contributed by atoms with Crippen LogP contribution in [-0.2, 0) is 0 Å². The molecule has 0 N–H and O–H groups in total. The molecular formula is C14H14BrFN2O. The van der Waals surface area contributed by atoms with Gasteiger partial charge in [0.25, 0.3) is 0 Å². The number of rotatable bonds is 3. The molecule has 0 saturated heterocycles. The number of benzene rings is 1. The summed E-state index contributed by atoms with van der Waals surface area (Å²) in [6, 6.07) is 6.23. The van der Waals surface area contributed by atoms with Crippen LogP contribution in [0.4, 0.5) is 4.39 Å². The van der Waals surface area contributed by atoms with Gasteiger partial charge in [-0.25, -0.2) is 9.37 Å². The molecule has 0 spiro atoms. The first-order valence-electron chi connectivity index (χ1n) is 5.94. The minimum atomic E-state index is -0.325. The average molecular weight is 325 g/mol. The van der Waals surface area contributed by atoms with E-state index in [1.807, 2.05) is 20.8 Å². The van der Waals surface area contributed by atoms with Crippen molar-refractivity contribution in [2.45, 2.75) is 26.7 Å². The van der Waals surface area contributed by atoms with Gasteiger partial charge in [0, 0.05) is 17.7 Å². The average Bonchev–Trinajstić information content (AvgIpc) is 2.33. The molecule has 0 amide bonds. The van der Waals surface area contributed by atoms with Crippen molar-refractivity contribution in [3.05, 3.63) is 46.1 Å². The van der Waals surface area contributed by atoms with Gasteiger partial charge in [-0.3, -0.25) is 0 Å². The van der Waals surface area contributed by atoms with E-state index in [-0.39, 0.29) is 11.7 Å². The van der Waals surface area contributed by atoms with Gasteiger partial charge < -0.3 is 4.74 Å². The Balaban J connectivity index is 2.29. The van der Waals surface area contributed by atoms with Crippen LogP contribution >= 0.6 is 15.9 Å². The van der Waals surface area contributed by atoms with E-state index in [0.717, 1.165) is 11.5 Å². The monoisotopic (exact) mass is 324 g/mol. The van der Waals surface area contributed by atoms with Crippen LogP contribution in [0.2, 0.25) is 0 Å². The van der Waals surface area contributed by atoms with E-state index in [9.17, 15) is 4.39 Å². The van der Waals surface area contributed by atoms with Crippen molar-refractivity contribution < 1.29 is 9.13 Å². The Labute approximate surface area is 120 Å². The Kier molecular flexibility index (Phi) is 4.14. The Bertz CT molecular complexity index is 602. The van der Waals surface area contributed by atoms with E-state index >= 15 is 0 Å². The lowest BCUT2D eigenvalue weighted by Gasteiger charge is -2.09. The zero-order chi connectivity index (χ0) is 14.0. The summed E-state index contributed by atoms with van der Waals surface area (Å²) in [5, 5.41) is 0. The van der Waals surface area contributed by atoms with E-state index in [4.69, 9.17) is 4.74 Å². The lowest BCUT2D eigenvalue weighted by Crippen LogP contribution is -2.01. The summed E-state index contributed by atoms with van der Waals surface area (Å²) < 4.78 is 19.1. The Morgan fingerprint density at radius 3 is 2.58 bits per heavy atom. The van der Waals surface area contributed by atoms with Crippen LogP contribution in [0, 0.1) is 12.7 Å². The maximum absolute atomic E-state index is 13.1. The van der Waals surface area contributed by atoms with Crippen molar-refractivity contribution in [2.75, 3.05) is 0 Å². The van der Waals surface area contributed by atoms with Crippen molar-refractivity contribution in [2.24, 2.45) is 0 Å². The standard InChI is InChI=1S/C14H14BrFN2O/c1-8(2)14-17-9(3)6-13(18-14)19-10-4-5-12(16)11(15)7-10/h4-8H,1-3H3. The molecule has 0 aliphatic rings. The highest BCUT2D eigenvalue weighted by molar-refractivity contribution is 9.10. The lowest BCUT2D eigenvalue weighted by molar-refractivity contribution is 0.454. The van der Waals surface area contributed by atoms with Crippen molar-refractivity contribution in [3.8, 4) is 11.6 Å². The number of ether oxygens (including phenoxy) is 1. The van der Waals surface area contributed by atoms with E-state index in [0.29, 0.717) is 16.1 Å². The van der Waals surface area contributed by atoms with Gasteiger partial charge in [0.05, 0.1) is 4.47 Å². The highest BCUT2D eigenvalue weighted by atomic mass is 79.9. The first kappa shape index (κ1) is 13.9. The SMILES string of the molecule is Cc1cc(Oc2ccc(F)c(Br)c2)nc(C(C)C)n1. The number of hydrogen-bond acceptors (Lipinski definition) is 3. The molecule has 1 aromatic carbocycles. The van der Waals surface area contributed by atoms with Gasteiger partial charge in [-0.05, 0) is 41.1 Å². The molecule has 100 valence electrons. The normalized spacial score (nSPS) is 10.8. The number of aryl methyl sites for hydroxylation is 1. The topological polar surface area (TPSA) is 35.0 Å². The lowest BCUT2D eigenvalue weighted by atomic mass is 10.2. The van der Waals surface area contributed by atoms with Crippen LogP contribution in [0.1, 0.15) is 31.3 Å².